The average molecular weight is 223 g/mol. The van der Waals surface area contributed by atoms with Gasteiger partial charge in [0.2, 0.25) is 0 Å². The van der Waals surface area contributed by atoms with Crippen LogP contribution in [-0.4, -0.2) is 13.1 Å². The SMILES string of the molecule is CNC(CCCc1cccs1)CC1CC1. The van der Waals surface area contributed by atoms with E-state index in [1.807, 2.05) is 11.3 Å². The Morgan fingerprint density at radius 1 is 1.53 bits per heavy atom. The molecule has 1 aromatic rings. The molecule has 0 spiro atoms. The highest BCUT2D eigenvalue weighted by molar-refractivity contribution is 7.09. The third kappa shape index (κ3) is 3.96. The molecule has 1 aromatic heterocycles. The molecule has 0 amide bonds. The molecule has 1 atom stereocenters. The van der Waals surface area contributed by atoms with Gasteiger partial charge in [0.1, 0.15) is 0 Å². The molecule has 0 bridgehead atoms. The van der Waals surface area contributed by atoms with Crippen LogP contribution in [0.25, 0.3) is 0 Å². The lowest BCUT2D eigenvalue weighted by Gasteiger charge is -2.15. The highest BCUT2D eigenvalue weighted by Gasteiger charge is 2.24. The van der Waals surface area contributed by atoms with Crippen LogP contribution in [0.2, 0.25) is 0 Å². The Bertz CT molecular complexity index is 264. The van der Waals surface area contributed by atoms with Crippen molar-refractivity contribution in [1.82, 2.24) is 5.32 Å². The van der Waals surface area contributed by atoms with Crippen molar-refractivity contribution >= 4 is 11.3 Å². The first-order chi connectivity index (χ1) is 7.38. The predicted octanol–water partition coefficient (Wildman–Crippen LogP) is 3.46. The zero-order valence-electron chi connectivity index (χ0n) is 9.54. The van der Waals surface area contributed by atoms with E-state index < -0.39 is 0 Å². The van der Waals surface area contributed by atoms with Crippen molar-refractivity contribution in [2.24, 2.45) is 5.92 Å². The number of thiophene rings is 1. The van der Waals surface area contributed by atoms with E-state index in [-0.39, 0.29) is 0 Å². The Morgan fingerprint density at radius 3 is 3.00 bits per heavy atom. The van der Waals surface area contributed by atoms with Gasteiger partial charge in [-0.25, -0.2) is 0 Å². The normalized spacial score (nSPS) is 17.9. The molecule has 84 valence electrons. The van der Waals surface area contributed by atoms with Gasteiger partial charge < -0.3 is 5.32 Å². The molecule has 1 N–H and O–H groups in total. The zero-order chi connectivity index (χ0) is 10.5. The monoisotopic (exact) mass is 223 g/mol. The van der Waals surface area contributed by atoms with Crippen LogP contribution in [-0.2, 0) is 6.42 Å². The predicted molar refractivity (Wildman–Crippen MR) is 67.4 cm³/mol. The first-order valence-corrected chi connectivity index (χ1v) is 6.96. The van der Waals surface area contributed by atoms with Crippen LogP contribution >= 0.6 is 11.3 Å². The molecule has 15 heavy (non-hydrogen) atoms. The third-order valence-electron chi connectivity index (χ3n) is 3.28. The van der Waals surface area contributed by atoms with Gasteiger partial charge >= 0.3 is 0 Å². The van der Waals surface area contributed by atoms with E-state index in [0.29, 0.717) is 0 Å². The van der Waals surface area contributed by atoms with Crippen LogP contribution in [0.15, 0.2) is 17.5 Å². The highest BCUT2D eigenvalue weighted by atomic mass is 32.1. The number of rotatable bonds is 7. The maximum absolute atomic E-state index is 3.46. The van der Waals surface area contributed by atoms with Crippen LogP contribution < -0.4 is 5.32 Å². The van der Waals surface area contributed by atoms with Gasteiger partial charge in [0.05, 0.1) is 0 Å². The van der Waals surface area contributed by atoms with Gasteiger partial charge in [0, 0.05) is 10.9 Å². The van der Waals surface area contributed by atoms with Gasteiger partial charge in [0.25, 0.3) is 0 Å². The van der Waals surface area contributed by atoms with Gasteiger partial charge in [-0.3, -0.25) is 0 Å². The molecule has 0 aromatic carbocycles. The van der Waals surface area contributed by atoms with Gasteiger partial charge in [-0.1, -0.05) is 18.9 Å². The van der Waals surface area contributed by atoms with Crippen molar-refractivity contribution in [2.75, 3.05) is 7.05 Å². The molecule has 1 saturated carbocycles. The van der Waals surface area contributed by atoms with E-state index in [4.69, 9.17) is 0 Å². The fourth-order valence-corrected chi connectivity index (χ4v) is 2.86. The molecule has 1 aliphatic carbocycles. The van der Waals surface area contributed by atoms with Gasteiger partial charge in [0.15, 0.2) is 0 Å². The molecule has 2 rings (SSSR count). The zero-order valence-corrected chi connectivity index (χ0v) is 10.4. The molecule has 1 heterocycles. The third-order valence-corrected chi connectivity index (χ3v) is 4.22. The fourth-order valence-electron chi connectivity index (χ4n) is 2.11. The van der Waals surface area contributed by atoms with Crippen molar-refractivity contribution in [3.63, 3.8) is 0 Å². The van der Waals surface area contributed by atoms with E-state index >= 15 is 0 Å². The lowest BCUT2D eigenvalue weighted by molar-refractivity contribution is 0.452. The minimum absolute atomic E-state index is 0.762. The van der Waals surface area contributed by atoms with Crippen molar-refractivity contribution in [2.45, 2.75) is 44.6 Å². The standard InChI is InChI=1S/C13H21NS/c1-14-12(10-11-7-8-11)4-2-5-13-6-3-9-15-13/h3,6,9,11-12,14H,2,4-5,7-8,10H2,1H3. The number of nitrogens with one attached hydrogen (secondary N) is 1. The summed E-state index contributed by atoms with van der Waals surface area (Å²) in [5.41, 5.74) is 0. The maximum Gasteiger partial charge on any atom is 0.00668 e. The Balaban J connectivity index is 1.62. The van der Waals surface area contributed by atoms with Crippen LogP contribution in [0, 0.1) is 5.92 Å². The summed E-state index contributed by atoms with van der Waals surface area (Å²) in [7, 11) is 2.11. The van der Waals surface area contributed by atoms with Crippen LogP contribution in [0.3, 0.4) is 0 Å². The number of aryl methyl sites for hydroxylation is 1. The fraction of sp³-hybridized carbons (Fsp3) is 0.692. The van der Waals surface area contributed by atoms with E-state index in [0.717, 1.165) is 12.0 Å². The lowest BCUT2D eigenvalue weighted by Crippen LogP contribution is -2.25. The summed E-state index contributed by atoms with van der Waals surface area (Å²) >= 11 is 1.89. The van der Waals surface area contributed by atoms with E-state index in [1.165, 1.54) is 43.4 Å². The molecular formula is C13H21NS. The summed E-state index contributed by atoms with van der Waals surface area (Å²) in [5, 5.41) is 5.63. The molecule has 0 saturated heterocycles. The highest BCUT2D eigenvalue weighted by Crippen LogP contribution is 2.34. The van der Waals surface area contributed by atoms with Gasteiger partial charge in [-0.05, 0) is 50.1 Å². The summed E-state index contributed by atoms with van der Waals surface area (Å²) < 4.78 is 0. The van der Waals surface area contributed by atoms with Crippen molar-refractivity contribution < 1.29 is 0 Å². The second kappa shape index (κ2) is 5.66. The minimum Gasteiger partial charge on any atom is -0.317 e. The summed E-state index contributed by atoms with van der Waals surface area (Å²) in [6.45, 7) is 0. The van der Waals surface area contributed by atoms with Crippen molar-refractivity contribution in [3.05, 3.63) is 22.4 Å². The lowest BCUT2D eigenvalue weighted by atomic mass is 10.0. The van der Waals surface area contributed by atoms with E-state index in [2.05, 4.69) is 29.9 Å². The first-order valence-electron chi connectivity index (χ1n) is 6.08. The smallest absolute Gasteiger partial charge is 0.00668 e. The second-order valence-corrected chi connectivity index (χ2v) is 5.67. The topological polar surface area (TPSA) is 12.0 Å². The Hall–Kier alpha value is -0.340. The van der Waals surface area contributed by atoms with Gasteiger partial charge in [-0.2, -0.15) is 0 Å². The molecule has 1 unspecified atom stereocenters. The molecule has 1 fully saturated rings. The van der Waals surface area contributed by atoms with Gasteiger partial charge in [-0.15, -0.1) is 11.3 Å². The summed E-state index contributed by atoms with van der Waals surface area (Å²) in [6.07, 6.45) is 8.29. The molecule has 0 radical (unpaired) electrons. The Kier molecular flexibility index (Phi) is 4.21. The largest absolute Gasteiger partial charge is 0.317 e. The average Bonchev–Trinajstić information content (AvgIpc) is 2.91. The summed E-state index contributed by atoms with van der Waals surface area (Å²) in [4.78, 5) is 1.54. The summed E-state index contributed by atoms with van der Waals surface area (Å²) in [6, 6.07) is 5.16. The molecule has 1 aliphatic rings. The molecule has 0 aliphatic heterocycles. The molecule has 2 heteroatoms. The maximum atomic E-state index is 3.46. The van der Waals surface area contributed by atoms with Crippen LogP contribution in [0.4, 0.5) is 0 Å². The van der Waals surface area contributed by atoms with Crippen molar-refractivity contribution in [3.8, 4) is 0 Å². The Labute approximate surface area is 96.9 Å². The van der Waals surface area contributed by atoms with E-state index in [9.17, 15) is 0 Å². The quantitative estimate of drug-likeness (QED) is 0.746. The number of hydrogen-bond acceptors (Lipinski definition) is 2. The molecular weight excluding hydrogens is 202 g/mol. The first kappa shape index (κ1) is 11.2. The summed E-state index contributed by atoms with van der Waals surface area (Å²) in [5.74, 6) is 1.05. The van der Waals surface area contributed by atoms with Crippen LogP contribution in [0.5, 0.6) is 0 Å². The molecule has 1 nitrogen and oxygen atoms in total. The number of hydrogen-bond donors (Lipinski definition) is 1. The minimum atomic E-state index is 0.762. The second-order valence-electron chi connectivity index (χ2n) is 4.64. The van der Waals surface area contributed by atoms with Crippen LogP contribution in [0.1, 0.15) is 37.0 Å². The van der Waals surface area contributed by atoms with Crippen molar-refractivity contribution in [1.29, 1.82) is 0 Å². The Morgan fingerprint density at radius 2 is 2.40 bits per heavy atom. The van der Waals surface area contributed by atoms with E-state index in [1.54, 1.807) is 0 Å².